The smallest absolute Gasteiger partial charge is 0.212 e. The highest BCUT2D eigenvalue weighted by molar-refractivity contribution is 5.47. The van der Waals surface area contributed by atoms with Gasteiger partial charge in [-0.05, 0) is 17.7 Å². The zero-order valence-electron chi connectivity index (χ0n) is 10.8. The van der Waals surface area contributed by atoms with E-state index in [0.717, 1.165) is 5.56 Å². The normalized spacial score (nSPS) is 10.1. The first-order valence-corrected chi connectivity index (χ1v) is 5.79. The Hall–Kier alpha value is -2.30. The molecule has 0 saturated heterocycles. The molecule has 0 fully saturated rings. The first-order chi connectivity index (χ1) is 9.22. The second-order valence-corrected chi connectivity index (χ2v) is 3.91. The van der Waals surface area contributed by atoms with Crippen molar-refractivity contribution in [2.45, 2.75) is 6.54 Å². The van der Waals surface area contributed by atoms with Gasteiger partial charge in [-0.25, -0.2) is 9.37 Å². The molecule has 2 rings (SSSR count). The number of nitrogens with one attached hydrogen (secondary N) is 1. The Kier molecular flexibility index (Phi) is 4.18. The van der Waals surface area contributed by atoms with Gasteiger partial charge in [-0.15, -0.1) is 0 Å². The molecule has 0 atom stereocenters. The van der Waals surface area contributed by atoms with Crippen LogP contribution in [0.4, 0.5) is 10.1 Å². The minimum absolute atomic E-state index is 0.233. The van der Waals surface area contributed by atoms with Gasteiger partial charge in [0.15, 0.2) is 11.6 Å². The number of anilines is 1. The van der Waals surface area contributed by atoms with Crippen molar-refractivity contribution in [2.75, 3.05) is 19.5 Å². The van der Waals surface area contributed by atoms with Crippen LogP contribution in [0.5, 0.6) is 11.6 Å². The maximum atomic E-state index is 13.5. The van der Waals surface area contributed by atoms with Crippen LogP contribution in [0.25, 0.3) is 0 Å². The first-order valence-electron chi connectivity index (χ1n) is 5.79. The quantitative estimate of drug-likeness (QED) is 0.899. The van der Waals surface area contributed by atoms with E-state index in [1.165, 1.54) is 13.2 Å². The molecule has 1 aromatic carbocycles. The lowest BCUT2D eigenvalue weighted by atomic mass is 10.2. The number of nitrogens with zero attached hydrogens (tertiary/aromatic N) is 1. The summed E-state index contributed by atoms with van der Waals surface area (Å²) in [7, 11) is 3.01. The van der Waals surface area contributed by atoms with Crippen molar-refractivity contribution in [1.29, 1.82) is 0 Å². The molecule has 0 aliphatic carbocycles. The zero-order valence-corrected chi connectivity index (χ0v) is 10.8. The number of hydrogen-bond acceptors (Lipinski definition) is 4. The number of pyridine rings is 1. The molecule has 2 aromatic rings. The fraction of sp³-hybridized carbons (Fsp3) is 0.214. The lowest BCUT2D eigenvalue weighted by Gasteiger charge is -2.08. The summed E-state index contributed by atoms with van der Waals surface area (Å²) in [6, 6.07) is 8.43. The third-order valence-electron chi connectivity index (χ3n) is 2.66. The summed E-state index contributed by atoms with van der Waals surface area (Å²) in [5.74, 6) is 0.413. The molecule has 0 saturated carbocycles. The molecule has 0 aliphatic rings. The maximum absolute atomic E-state index is 13.5. The van der Waals surface area contributed by atoms with Crippen LogP contribution in [0, 0.1) is 5.82 Å². The molecule has 1 N–H and O–H groups in total. The van der Waals surface area contributed by atoms with Gasteiger partial charge in [0.05, 0.1) is 14.2 Å². The number of methoxy groups -OCH3 is 2. The van der Waals surface area contributed by atoms with E-state index in [4.69, 9.17) is 9.47 Å². The van der Waals surface area contributed by atoms with Crippen LogP contribution < -0.4 is 14.8 Å². The number of hydrogen-bond donors (Lipinski definition) is 1. The molecular weight excluding hydrogens is 247 g/mol. The van der Waals surface area contributed by atoms with E-state index in [-0.39, 0.29) is 11.6 Å². The van der Waals surface area contributed by atoms with Gasteiger partial charge in [-0.2, -0.15) is 0 Å². The standard InChI is InChI=1S/C14H15FN2O2/c1-18-13-5-4-11(7-12(13)15)16-8-10-3-6-14(19-2)17-9-10/h3-7,9,16H,8H2,1-2H3. The highest BCUT2D eigenvalue weighted by Crippen LogP contribution is 2.21. The summed E-state index contributed by atoms with van der Waals surface area (Å²) in [6.07, 6.45) is 1.71. The molecule has 5 heteroatoms. The number of rotatable bonds is 5. The predicted molar refractivity (Wildman–Crippen MR) is 71.1 cm³/mol. The van der Waals surface area contributed by atoms with Crippen molar-refractivity contribution in [1.82, 2.24) is 4.98 Å². The van der Waals surface area contributed by atoms with Gasteiger partial charge < -0.3 is 14.8 Å². The van der Waals surface area contributed by atoms with Crippen molar-refractivity contribution >= 4 is 5.69 Å². The van der Waals surface area contributed by atoms with Crippen LogP contribution in [0.1, 0.15) is 5.56 Å². The Labute approximate surface area is 111 Å². The van der Waals surface area contributed by atoms with Crippen LogP contribution in [0.3, 0.4) is 0 Å². The fourth-order valence-corrected chi connectivity index (χ4v) is 1.62. The topological polar surface area (TPSA) is 43.4 Å². The summed E-state index contributed by atoms with van der Waals surface area (Å²) in [6.45, 7) is 0.558. The van der Waals surface area contributed by atoms with E-state index in [0.29, 0.717) is 18.1 Å². The molecule has 0 amide bonds. The van der Waals surface area contributed by atoms with E-state index in [1.807, 2.05) is 6.07 Å². The van der Waals surface area contributed by atoms with Gasteiger partial charge in [0.25, 0.3) is 0 Å². The molecule has 19 heavy (non-hydrogen) atoms. The third-order valence-corrected chi connectivity index (χ3v) is 2.66. The summed E-state index contributed by atoms with van der Waals surface area (Å²) in [5.41, 5.74) is 1.67. The van der Waals surface area contributed by atoms with Gasteiger partial charge in [0, 0.05) is 30.6 Å². The molecule has 100 valence electrons. The molecule has 1 aromatic heterocycles. The largest absolute Gasteiger partial charge is 0.494 e. The van der Waals surface area contributed by atoms with Gasteiger partial charge >= 0.3 is 0 Å². The second kappa shape index (κ2) is 6.04. The Morgan fingerprint density at radius 1 is 1.16 bits per heavy atom. The summed E-state index contributed by atoms with van der Waals surface area (Å²) in [4.78, 5) is 4.10. The Bertz CT molecular complexity index is 544. The molecule has 0 radical (unpaired) electrons. The van der Waals surface area contributed by atoms with Crippen molar-refractivity contribution < 1.29 is 13.9 Å². The monoisotopic (exact) mass is 262 g/mol. The van der Waals surface area contributed by atoms with Crippen molar-refractivity contribution in [3.05, 3.63) is 47.9 Å². The summed E-state index contributed by atoms with van der Waals surface area (Å²) < 4.78 is 23.3. The average Bonchev–Trinajstić information content (AvgIpc) is 2.46. The van der Waals surface area contributed by atoms with Crippen molar-refractivity contribution in [2.24, 2.45) is 0 Å². The minimum atomic E-state index is -0.389. The highest BCUT2D eigenvalue weighted by Gasteiger charge is 2.03. The number of benzene rings is 1. The van der Waals surface area contributed by atoms with E-state index in [1.54, 1.807) is 31.5 Å². The molecular formula is C14H15FN2O2. The van der Waals surface area contributed by atoms with Crippen LogP contribution in [0.15, 0.2) is 36.5 Å². The van der Waals surface area contributed by atoms with Crippen molar-refractivity contribution in [3.8, 4) is 11.6 Å². The Balaban J connectivity index is 1.99. The van der Waals surface area contributed by atoms with E-state index in [2.05, 4.69) is 10.3 Å². The van der Waals surface area contributed by atoms with Gasteiger partial charge in [0.2, 0.25) is 5.88 Å². The predicted octanol–water partition coefficient (Wildman–Crippen LogP) is 2.85. The molecule has 1 heterocycles. The first kappa shape index (κ1) is 13.1. The van der Waals surface area contributed by atoms with Gasteiger partial charge in [0.1, 0.15) is 0 Å². The summed E-state index contributed by atoms with van der Waals surface area (Å²) in [5, 5.41) is 3.11. The number of ether oxygens (including phenoxy) is 2. The molecule has 4 nitrogen and oxygen atoms in total. The molecule has 0 bridgehead atoms. The number of halogens is 1. The molecule has 0 unspecified atom stereocenters. The highest BCUT2D eigenvalue weighted by atomic mass is 19.1. The maximum Gasteiger partial charge on any atom is 0.212 e. The van der Waals surface area contributed by atoms with E-state index < -0.39 is 0 Å². The van der Waals surface area contributed by atoms with E-state index >= 15 is 0 Å². The van der Waals surface area contributed by atoms with Crippen LogP contribution in [-0.2, 0) is 6.54 Å². The second-order valence-electron chi connectivity index (χ2n) is 3.91. The van der Waals surface area contributed by atoms with Gasteiger partial charge in [-0.3, -0.25) is 0 Å². The Morgan fingerprint density at radius 2 is 2.00 bits per heavy atom. The zero-order chi connectivity index (χ0) is 13.7. The molecule has 0 spiro atoms. The van der Waals surface area contributed by atoms with Crippen LogP contribution in [0.2, 0.25) is 0 Å². The summed E-state index contributed by atoms with van der Waals surface area (Å²) >= 11 is 0. The van der Waals surface area contributed by atoms with Gasteiger partial charge in [-0.1, -0.05) is 6.07 Å². The van der Waals surface area contributed by atoms with Crippen LogP contribution in [-0.4, -0.2) is 19.2 Å². The van der Waals surface area contributed by atoms with Crippen LogP contribution >= 0.6 is 0 Å². The fourth-order valence-electron chi connectivity index (χ4n) is 1.62. The number of aromatic nitrogens is 1. The average molecular weight is 262 g/mol. The van der Waals surface area contributed by atoms with E-state index in [9.17, 15) is 4.39 Å². The Morgan fingerprint density at radius 3 is 2.58 bits per heavy atom. The lowest BCUT2D eigenvalue weighted by molar-refractivity contribution is 0.386. The SMILES string of the molecule is COc1ccc(CNc2ccc(OC)c(F)c2)cn1. The lowest BCUT2D eigenvalue weighted by Crippen LogP contribution is -2.01. The molecule has 0 aliphatic heterocycles. The van der Waals surface area contributed by atoms with Crippen molar-refractivity contribution in [3.63, 3.8) is 0 Å². The third kappa shape index (κ3) is 3.34. The minimum Gasteiger partial charge on any atom is -0.494 e.